The van der Waals surface area contributed by atoms with Crippen molar-refractivity contribution in [3.8, 4) is 0 Å². The summed E-state index contributed by atoms with van der Waals surface area (Å²) in [6.07, 6.45) is 0. The van der Waals surface area contributed by atoms with Crippen molar-refractivity contribution >= 4 is 22.3 Å². The Hall–Kier alpha value is -6.52. The van der Waals surface area contributed by atoms with E-state index in [9.17, 15) is 0 Å². The highest BCUT2D eigenvalue weighted by atomic mass is 14.9. The number of nitrogens with one attached hydrogen (secondary N) is 3. The van der Waals surface area contributed by atoms with E-state index in [4.69, 9.17) is 0 Å². The van der Waals surface area contributed by atoms with Crippen molar-refractivity contribution in [2.24, 2.45) is 7.05 Å². The maximum absolute atomic E-state index is 3.88. The smallest absolute Gasteiger partial charge is 0.0509 e. The summed E-state index contributed by atoms with van der Waals surface area (Å²) in [5.41, 5.74) is 13.3. The van der Waals surface area contributed by atoms with Gasteiger partial charge in [0.1, 0.15) is 0 Å². The van der Waals surface area contributed by atoms with Gasteiger partial charge in [0.15, 0.2) is 0 Å². The molecule has 4 aromatic carbocycles. The van der Waals surface area contributed by atoms with E-state index >= 15 is 0 Å². The predicted octanol–water partition coefficient (Wildman–Crippen LogP) is 6.31. The molecule has 0 saturated heterocycles. The second kappa shape index (κ2) is 11.9. The number of benzene rings is 4. The van der Waals surface area contributed by atoms with E-state index in [1.54, 1.807) is 0 Å². The molecule has 49 heavy (non-hydrogen) atoms. The number of hydrogen-bond donors (Lipinski definition) is 3. The highest BCUT2D eigenvalue weighted by molar-refractivity contribution is 5.84. The number of aromatic nitrogens is 4. The molecule has 4 nitrogen and oxygen atoms in total. The zero-order chi connectivity index (χ0) is 32.7. The summed E-state index contributed by atoms with van der Waals surface area (Å²) in [4.78, 5) is 11.6. The van der Waals surface area contributed by atoms with E-state index in [0.29, 0.717) is 0 Å². The molecule has 0 fully saturated rings. The molecule has 4 heteroatoms. The van der Waals surface area contributed by atoms with Crippen molar-refractivity contribution in [2.75, 3.05) is 0 Å². The van der Waals surface area contributed by atoms with Crippen molar-refractivity contribution in [3.05, 3.63) is 236 Å². The van der Waals surface area contributed by atoms with Crippen molar-refractivity contribution in [1.82, 2.24) is 19.5 Å². The largest absolute Gasteiger partial charge is 0.354 e. The Kier molecular flexibility index (Phi) is 6.98. The summed E-state index contributed by atoms with van der Waals surface area (Å²) in [5.74, 6) is 0. The topological polar surface area (TPSA) is 52.3 Å². The van der Waals surface area contributed by atoms with E-state index < -0.39 is 0 Å². The zero-order valence-corrected chi connectivity index (χ0v) is 27.1. The molecule has 0 atom stereocenters. The van der Waals surface area contributed by atoms with Gasteiger partial charge in [0.25, 0.3) is 0 Å². The molecular weight excluding hydrogens is 597 g/mol. The van der Waals surface area contributed by atoms with Crippen LogP contribution in [0.4, 0.5) is 0 Å². The van der Waals surface area contributed by atoms with Crippen LogP contribution in [-0.2, 0) is 7.05 Å². The summed E-state index contributed by atoms with van der Waals surface area (Å²) < 4.78 is 2.33. The lowest BCUT2D eigenvalue weighted by molar-refractivity contribution is 0.851. The molecule has 0 radical (unpaired) electrons. The first-order valence-corrected chi connectivity index (χ1v) is 16.7. The van der Waals surface area contributed by atoms with E-state index in [1.807, 2.05) is 0 Å². The molecule has 9 rings (SSSR count). The first-order chi connectivity index (χ1) is 24.2. The maximum atomic E-state index is 3.88. The highest BCUT2D eigenvalue weighted by Crippen LogP contribution is 2.27. The Bertz CT molecular complexity index is 2500. The molecule has 234 valence electrons. The van der Waals surface area contributed by atoms with Gasteiger partial charge in [-0.1, -0.05) is 121 Å². The van der Waals surface area contributed by atoms with Crippen LogP contribution in [0.5, 0.6) is 0 Å². The normalized spacial score (nSPS) is 17.2. The van der Waals surface area contributed by atoms with E-state index in [0.717, 1.165) is 88.7 Å². The number of nitrogens with zero attached hydrogens (tertiary/aromatic N) is 1. The third-order valence-corrected chi connectivity index (χ3v) is 9.56. The van der Waals surface area contributed by atoms with Gasteiger partial charge < -0.3 is 19.5 Å². The Morgan fingerprint density at radius 3 is 0.959 bits per heavy atom. The Morgan fingerprint density at radius 2 is 0.612 bits per heavy atom. The minimum atomic E-state index is 1.04. The predicted molar refractivity (Wildman–Crippen MR) is 199 cm³/mol. The Morgan fingerprint density at radius 1 is 0.306 bits per heavy atom. The van der Waals surface area contributed by atoms with Crippen LogP contribution in [0, 0.1) is 0 Å². The molecule has 5 heterocycles. The third-order valence-electron chi connectivity index (χ3n) is 9.56. The molecule has 0 amide bonds. The fourth-order valence-electron chi connectivity index (χ4n) is 7.29. The molecule has 1 aliphatic heterocycles. The van der Waals surface area contributed by atoms with Gasteiger partial charge >= 0.3 is 0 Å². The minimum Gasteiger partial charge on any atom is -0.354 e. The van der Waals surface area contributed by atoms with Gasteiger partial charge in [-0.15, -0.1) is 0 Å². The van der Waals surface area contributed by atoms with E-state index in [2.05, 4.69) is 196 Å². The monoisotopic (exact) mass is 630 g/mol. The van der Waals surface area contributed by atoms with Crippen LogP contribution in [0.25, 0.3) is 22.3 Å². The minimum absolute atomic E-state index is 1.04. The summed E-state index contributed by atoms with van der Waals surface area (Å²) >= 11 is 0. The lowest BCUT2D eigenvalue weighted by Crippen LogP contribution is -2.28. The van der Waals surface area contributed by atoms with Crippen LogP contribution < -0.4 is 21.4 Å². The van der Waals surface area contributed by atoms with Gasteiger partial charge in [-0.3, -0.25) is 0 Å². The Labute approximate surface area is 284 Å². The standard InChI is InChI=1S/C45H34N4/c1-49-40-28-29-41(49)45(33-20-12-5-13-21-33)39-27-25-37(48-39)43(31-16-8-3-9-17-31)35-23-22-34(46-35)42(30-14-6-2-7-15-30)36-24-26-38(47-36)44(40)32-18-10-4-11-19-32/h2-29,46-48H,1H3/b42-34-,42-36?,43-35-,43-37?,44-38?,44-40-,45-39?,45-41-. The number of hydrogen-bond acceptors (Lipinski definition) is 0. The molecule has 0 saturated carbocycles. The Balaban J connectivity index is 1.47. The lowest BCUT2D eigenvalue weighted by atomic mass is 10.0. The molecule has 1 aliphatic rings. The van der Waals surface area contributed by atoms with E-state index in [-0.39, 0.29) is 0 Å². The van der Waals surface area contributed by atoms with Gasteiger partial charge in [0.05, 0.1) is 10.7 Å². The summed E-state index contributed by atoms with van der Waals surface area (Å²) in [6.45, 7) is 0. The number of rotatable bonds is 4. The van der Waals surface area contributed by atoms with Crippen molar-refractivity contribution in [1.29, 1.82) is 0 Å². The maximum Gasteiger partial charge on any atom is 0.0509 e. The van der Waals surface area contributed by atoms with Crippen LogP contribution in [0.2, 0.25) is 0 Å². The third kappa shape index (κ3) is 5.02. The zero-order valence-electron chi connectivity index (χ0n) is 27.1. The molecule has 0 aliphatic carbocycles. The first kappa shape index (κ1) is 28.7. The number of aromatic amines is 3. The molecule has 8 aromatic rings. The summed E-state index contributed by atoms with van der Waals surface area (Å²) in [7, 11) is 2.18. The fourth-order valence-corrected chi connectivity index (χ4v) is 7.29. The van der Waals surface area contributed by atoms with Crippen LogP contribution in [0.15, 0.2) is 170 Å². The van der Waals surface area contributed by atoms with E-state index in [1.165, 1.54) is 0 Å². The van der Waals surface area contributed by atoms with Crippen molar-refractivity contribution in [2.45, 2.75) is 0 Å². The molecule has 8 bridgehead atoms. The first-order valence-electron chi connectivity index (χ1n) is 16.7. The molecule has 0 unspecified atom stereocenters. The van der Waals surface area contributed by atoms with Crippen molar-refractivity contribution in [3.63, 3.8) is 0 Å². The quantitative estimate of drug-likeness (QED) is 0.204. The van der Waals surface area contributed by atoms with Gasteiger partial charge in [0, 0.05) is 62.8 Å². The average Bonchev–Trinajstić information content (AvgIpc) is 3.98. The molecular formula is C45H34N4. The molecule has 4 aromatic heterocycles. The van der Waals surface area contributed by atoms with Crippen LogP contribution in [-0.4, -0.2) is 19.5 Å². The van der Waals surface area contributed by atoms with Crippen LogP contribution >= 0.6 is 0 Å². The van der Waals surface area contributed by atoms with Gasteiger partial charge in [-0.25, -0.2) is 0 Å². The lowest BCUT2D eigenvalue weighted by Gasteiger charge is -2.11. The highest BCUT2D eigenvalue weighted by Gasteiger charge is 2.18. The second-order valence-electron chi connectivity index (χ2n) is 12.5. The SMILES string of the molecule is Cn1/c2cc/c1=C(\c1ccccc1)c1ccc([nH]1)/C(c1ccccc1)=c1/cc/c([nH]1)=C(\c1ccccc1)c1ccc([nH]1)/C=2c1ccccc1. The van der Waals surface area contributed by atoms with Gasteiger partial charge in [-0.2, -0.15) is 0 Å². The fraction of sp³-hybridized carbons (Fsp3) is 0.0222. The van der Waals surface area contributed by atoms with Crippen molar-refractivity contribution < 1.29 is 0 Å². The van der Waals surface area contributed by atoms with Crippen LogP contribution in [0.3, 0.4) is 0 Å². The number of fused-ring (bicyclic) bond motifs is 8. The van der Waals surface area contributed by atoms with Crippen LogP contribution in [0.1, 0.15) is 45.0 Å². The summed E-state index contributed by atoms with van der Waals surface area (Å²) in [6, 6.07) is 60.4. The molecule has 3 N–H and O–H groups in total. The van der Waals surface area contributed by atoms with Gasteiger partial charge in [-0.05, 0) is 70.8 Å². The second-order valence-corrected chi connectivity index (χ2v) is 12.5. The van der Waals surface area contributed by atoms with Gasteiger partial charge in [0.2, 0.25) is 0 Å². The molecule has 0 spiro atoms. The summed E-state index contributed by atoms with van der Waals surface area (Å²) in [5, 5.41) is 4.34. The average molecular weight is 631 g/mol. The number of H-pyrrole nitrogens is 3.